The highest BCUT2D eigenvalue weighted by atomic mass is 32.2. The summed E-state index contributed by atoms with van der Waals surface area (Å²) in [5.41, 5.74) is 1.79. The molecule has 0 fully saturated rings. The number of amides is 1. The van der Waals surface area contributed by atoms with Gasteiger partial charge in [0.1, 0.15) is 11.8 Å². The van der Waals surface area contributed by atoms with Crippen molar-refractivity contribution >= 4 is 23.4 Å². The van der Waals surface area contributed by atoms with Crippen molar-refractivity contribution in [2.45, 2.75) is 24.3 Å². The molecule has 0 aliphatic heterocycles. The average molecular weight is 367 g/mol. The Bertz CT molecular complexity index is 986. The number of thioether (sulfide) groups is 1. The van der Waals surface area contributed by atoms with Crippen molar-refractivity contribution in [2.75, 3.05) is 5.32 Å². The normalized spacial score (nSPS) is 11.8. The first-order valence-corrected chi connectivity index (χ1v) is 8.79. The van der Waals surface area contributed by atoms with Crippen LogP contribution in [0.4, 0.5) is 5.69 Å². The van der Waals surface area contributed by atoms with E-state index in [-0.39, 0.29) is 5.91 Å². The van der Waals surface area contributed by atoms with Crippen molar-refractivity contribution in [1.82, 2.24) is 14.8 Å². The molecular formula is C18H17N5O2S. The minimum absolute atomic E-state index is 0.207. The van der Waals surface area contributed by atoms with Crippen LogP contribution >= 0.6 is 11.8 Å². The molecule has 8 heteroatoms. The summed E-state index contributed by atoms with van der Waals surface area (Å²) in [5.74, 6) is 1.24. The van der Waals surface area contributed by atoms with E-state index in [0.717, 1.165) is 11.3 Å². The summed E-state index contributed by atoms with van der Waals surface area (Å²) in [5, 5.41) is 20.5. The molecule has 0 aliphatic rings. The standard InChI is InChI=1S/C18H17N5O2S/c1-11-14(8-9-25-11)16-21-22-18(23(16)3)26-12(2)17(24)20-15-7-5-4-6-13(15)10-19/h4-9,12H,1-3H3,(H,20,24)/t12-/m1/s1. The van der Waals surface area contributed by atoms with Crippen molar-refractivity contribution in [1.29, 1.82) is 5.26 Å². The molecule has 1 atom stereocenters. The molecule has 0 spiro atoms. The van der Waals surface area contributed by atoms with Gasteiger partial charge in [0.15, 0.2) is 11.0 Å². The highest BCUT2D eigenvalue weighted by Gasteiger charge is 2.21. The zero-order valence-corrected chi connectivity index (χ0v) is 15.4. The number of aromatic nitrogens is 3. The third kappa shape index (κ3) is 3.48. The van der Waals surface area contributed by atoms with Crippen LogP contribution in [0.5, 0.6) is 0 Å². The van der Waals surface area contributed by atoms with Crippen molar-refractivity contribution < 1.29 is 9.21 Å². The lowest BCUT2D eigenvalue weighted by Crippen LogP contribution is -2.23. The van der Waals surface area contributed by atoms with E-state index in [0.29, 0.717) is 22.2 Å². The summed E-state index contributed by atoms with van der Waals surface area (Å²) in [6, 6.07) is 10.8. The molecule has 1 N–H and O–H groups in total. The second-order valence-corrected chi connectivity index (χ2v) is 6.97. The lowest BCUT2D eigenvalue weighted by atomic mass is 10.2. The van der Waals surface area contributed by atoms with Gasteiger partial charge in [0.05, 0.1) is 28.3 Å². The average Bonchev–Trinajstić information content (AvgIpc) is 3.21. The molecule has 0 saturated heterocycles. The number of hydrogen-bond donors (Lipinski definition) is 1. The van der Waals surface area contributed by atoms with E-state index in [1.807, 2.05) is 24.6 Å². The number of anilines is 1. The number of nitriles is 1. The van der Waals surface area contributed by atoms with Gasteiger partial charge in [-0.15, -0.1) is 10.2 Å². The molecule has 1 aromatic carbocycles. The van der Waals surface area contributed by atoms with Gasteiger partial charge in [0.25, 0.3) is 0 Å². The molecule has 3 rings (SSSR count). The molecule has 3 aromatic rings. The topological polar surface area (TPSA) is 96.7 Å². The Morgan fingerprint density at radius 1 is 1.35 bits per heavy atom. The van der Waals surface area contributed by atoms with E-state index >= 15 is 0 Å². The fourth-order valence-electron chi connectivity index (χ4n) is 2.40. The molecule has 0 radical (unpaired) electrons. The Balaban J connectivity index is 1.73. The highest BCUT2D eigenvalue weighted by molar-refractivity contribution is 8.00. The number of rotatable bonds is 5. The number of aryl methyl sites for hydroxylation is 1. The van der Waals surface area contributed by atoms with E-state index in [2.05, 4.69) is 21.6 Å². The number of para-hydroxylation sites is 1. The van der Waals surface area contributed by atoms with Crippen LogP contribution in [0.15, 0.2) is 46.2 Å². The zero-order valence-electron chi connectivity index (χ0n) is 14.6. The van der Waals surface area contributed by atoms with E-state index in [9.17, 15) is 4.79 Å². The molecule has 7 nitrogen and oxygen atoms in total. The smallest absolute Gasteiger partial charge is 0.237 e. The van der Waals surface area contributed by atoms with Gasteiger partial charge in [-0.1, -0.05) is 23.9 Å². The second kappa shape index (κ2) is 7.45. The van der Waals surface area contributed by atoms with Gasteiger partial charge in [-0.25, -0.2) is 0 Å². The number of nitrogens with zero attached hydrogens (tertiary/aromatic N) is 4. The predicted molar refractivity (Wildman–Crippen MR) is 98.5 cm³/mol. The molecule has 0 saturated carbocycles. The number of nitrogens with one attached hydrogen (secondary N) is 1. The van der Waals surface area contributed by atoms with Crippen LogP contribution in [0.25, 0.3) is 11.4 Å². The zero-order chi connectivity index (χ0) is 18.7. The monoisotopic (exact) mass is 367 g/mol. The Morgan fingerprint density at radius 2 is 2.12 bits per heavy atom. The van der Waals surface area contributed by atoms with E-state index in [1.54, 1.807) is 37.5 Å². The van der Waals surface area contributed by atoms with Crippen molar-refractivity contribution in [3.05, 3.63) is 47.9 Å². The van der Waals surface area contributed by atoms with E-state index in [1.165, 1.54) is 11.8 Å². The Labute approximate surface area is 155 Å². The Morgan fingerprint density at radius 3 is 2.81 bits per heavy atom. The summed E-state index contributed by atoms with van der Waals surface area (Å²) in [4.78, 5) is 12.5. The summed E-state index contributed by atoms with van der Waals surface area (Å²) in [7, 11) is 1.85. The van der Waals surface area contributed by atoms with Crippen LogP contribution < -0.4 is 5.32 Å². The first-order chi connectivity index (χ1) is 12.5. The summed E-state index contributed by atoms with van der Waals surface area (Å²) >= 11 is 1.30. The number of furan rings is 1. The van der Waals surface area contributed by atoms with Gasteiger partial charge in [-0.3, -0.25) is 4.79 Å². The number of benzene rings is 1. The van der Waals surface area contributed by atoms with Crippen LogP contribution in [0, 0.1) is 18.3 Å². The second-order valence-electron chi connectivity index (χ2n) is 5.66. The highest BCUT2D eigenvalue weighted by Crippen LogP contribution is 2.28. The fraction of sp³-hybridized carbons (Fsp3) is 0.222. The third-order valence-electron chi connectivity index (χ3n) is 3.89. The molecule has 0 unspecified atom stereocenters. The minimum atomic E-state index is -0.414. The summed E-state index contributed by atoms with van der Waals surface area (Å²) in [6.07, 6.45) is 1.61. The number of hydrogen-bond acceptors (Lipinski definition) is 6. The van der Waals surface area contributed by atoms with Crippen LogP contribution in [-0.2, 0) is 11.8 Å². The largest absolute Gasteiger partial charge is 0.469 e. The SMILES string of the molecule is Cc1occc1-c1nnc(S[C@H](C)C(=O)Nc2ccccc2C#N)n1C. The van der Waals surface area contributed by atoms with Gasteiger partial charge in [-0.05, 0) is 32.0 Å². The first kappa shape index (κ1) is 17.8. The molecule has 2 heterocycles. The van der Waals surface area contributed by atoms with Gasteiger partial charge in [0, 0.05) is 7.05 Å². The number of carbonyl (C=O) groups is 1. The molecular weight excluding hydrogens is 350 g/mol. The van der Waals surface area contributed by atoms with Crippen LogP contribution in [0.1, 0.15) is 18.2 Å². The van der Waals surface area contributed by atoms with Crippen LogP contribution in [-0.4, -0.2) is 25.9 Å². The molecule has 26 heavy (non-hydrogen) atoms. The lowest BCUT2D eigenvalue weighted by molar-refractivity contribution is -0.115. The van der Waals surface area contributed by atoms with Crippen LogP contribution in [0.3, 0.4) is 0 Å². The summed E-state index contributed by atoms with van der Waals surface area (Å²) < 4.78 is 7.14. The molecule has 0 bridgehead atoms. The quantitative estimate of drug-likeness (QED) is 0.695. The van der Waals surface area contributed by atoms with Crippen LogP contribution in [0.2, 0.25) is 0 Å². The maximum absolute atomic E-state index is 12.5. The fourth-order valence-corrected chi connectivity index (χ4v) is 3.22. The van der Waals surface area contributed by atoms with Gasteiger partial charge in [-0.2, -0.15) is 5.26 Å². The number of carbonyl (C=O) groups excluding carboxylic acids is 1. The van der Waals surface area contributed by atoms with E-state index in [4.69, 9.17) is 9.68 Å². The maximum atomic E-state index is 12.5. The lowest BCUT2D eigenvalue weighted by Gasteiger charge is -2.12. The van der Waals surface area contributed by atoms with Gasteiger partial charge >= 0.3 is 0 Å². The third-order valence-corrected chi connectivity index (χ3v) is 5.03. The van der Waals surface area contributed by atoms with Crippen molar-refractivity contribution in [3.8, 4) is 17.5 Å². The molecule has 2 aromatic heterocycles. The molecule has 1 amide bonds. The van der Waals surface area contributed by atoms with E-state index < -0.39 is 5.25 Å². The predicted octanol–water partition coefficient (Wildman–Crippen LogP) is 3.37. The Kier molecular flexibility index (Phi) is 5.09. The first-order valence-electron chi connectivity index (χ1n) is 7.91. The Hall–Kier alpha value is -3.05. The maximum Gasteiger partial charge on any atom is 0.237 e. The van der Waals surface area contributed by atoms with Crippen molar-refractivity contribution in [3.63, 3.8) is 0 Å². The molecule has 0 aliphatic carbocycles. The van der Waals surface area contributed by atoms with Gasteiger partial charge in [0.2, 0.25) is 5.91 Å². The van der Waals surface area contributed by atoms with Crippen molar-refractivity contribution in [2.24, 2.45) is 7.05 Å². The van der Waals surface area contributed by atoms with Gasteiger partial charge < -0.3 is 14.3 Å². The minimum Gasteiger partial charge on any atom is -0.469 e. The summed E-state index contributed by atoms with van der Waals surface area (Å²) in [6.45, 7) is 3.64. The molecule has 132 valence electrons.